The largest absolute Gasteiger partial charge is 0.489 e. The summed E-state index contributed by atoms with van der Waals surface area (Å²) in [5.41, 5.74) is 4.32. The molecule has 2 aromatic rings. The fraction of sp³-hybridized carbons (Fsp3) is 0.455. The third-order valence-electron chi connectivity index (χ3n) is 8.29. The number of nitro groups is 1. The Balaban J connectivity index is 1.64. The normalized spacial score (nSPS) is 20.2. The maximum absolute atomic E-state index is 14.0. The highest BCUT2D eigenvalue weighted by Gasteiger charge is 2.49. The zero-order valence-corrected chi connectivity index (χ0v) is 24.5. The van der Waals surface area contributed by atoms with Crippen molar-refractivity contribution in [1.82, 2.24) is 4.90 Å². The second kappa shape index (κ2) is 10.9. The second-order valence-electron chi connectivity index (χ2n) is 12.9. The molecule has 216 valence electrons. The minimum atomic E-state index is -0.535. The lowest BCUT2D eigenvalue weighted by Gasteiger charge is -2.49. The van der Waals surface area contributed by atoms with Gasteiger partial charge in [0.05, 0.1) is 11.5 Å². The van der Waals surface area contributed by atoms with Crippen molar-refractivity contribution in [2.45, 2.75) is 65.9 Å². The molecule has 2 aliphatic carbocycles. The molecule has 0 saturated carbocycles. The molecule has 3 aliphatic rings. The van der Waals surface area contributed by atoms with Gasteiger partial charge in [0.15, 0.2) is 11.6 Å². The molecule has 1 heterocycles. The van der Waals surface area contributed by atoms with E-state index in [9.17, 15) is 19.7 Å². The van der Waals surface area contributed by atoms with E-state index in [4.69, 9.17) is 9.47 Å². The SMILES string of the molecule is COCCN1C2=C(C(=O)CC(C)(C)C2)C(c2ccccc2OCc2cccc([N+](=O)[O-])c2)C2=C1CC(C)(C)CC2=O. The van der Waals surface area contributed by atoms with Crippen molar-refractivity contribution in [2.24, 2.45) is 10.8 Å². The van der Waals surface area contributed by atoms with Gasteiger partial charge in [0.2, 0.25) is 0 Å². The zero-order valence-electron chi connectivity index (χ0n) is 24.5. The highest BCUT2D eigenvalue weighted by atomic mass is 16.6. The van der Waals surface area contributed by atoms with E-state index < -0.39 is 10.8 Å². The molecule has 41 heavy (non-hydrogen) atoms. The number of methoxy groups -OCH3 is 1. The number of hydrogen-bond donors (Lipinski definition) is 0. The number of ketones is 2. The number of ether oxygens (including phenoxy) is 2. The Labute approximate surface area is 241 Å². The number of hydrogen-bond acceptors (Lipinski definition) is 7. The lowest BCUT2D eigenvalue weighted by Crippen LogP contribution is -2.45. The van der Waals surface area contributed by atoms with Crippen LogP contribution in [-0.4, -0.2) is 41.7 Å². The smallest absolute Gasteiger partial charge is 0.269 e. The molecular formula is C33H38N2O6. The van der Waals surface area contributed by atoms with Crippen LogP contribution in [0.2, 0.25) is 0 Å². The summed E-state index contributed by atoms with van der Waals surface area (Å²) in [4.78, 5) is 41.0. The highest BCUT2D eigenvalue weighted by Crippen LogP contribution is 2.55. The van der Waals surface area contributed by atoms with Gasteiger partial charge in [-0.25, -0.2) is 0 Å². The summed E-state index contributed by atoms with van der Waals surface area (Å²) in [6.07, 6.45) is 2.24. The molecule has 5 rings (SSSR count). The van der Waals surface area contributed by atoms with Crippen molar-refractivity contribution < 1.29 is 24.0 Å². The molecule has 0 aromatic heterocycles. The van der Waals surface area contributed by atoms with E-state index in [2.05, 4.69) is 32.6 Å². The van der Waals surface area contributed by atoms with E-state index in [-0.39, 0.29) is 34.7 Å². The molecule has 0 N–H and O–H groups in total. The van der Waals surface area contributed by atoms with Crippen LogP contribution in [0.3, 0.4) is 0 Å². The summed E-state index contributed by atoms with van der Waals surface area (Å²) in [6, 6.07) is 13.9. The van der Waals surface area contributed by atoms with Crippen LogP contribution in [0.25, 0.3) is 0 Å². The first-order chi connectivity index (χ1) is 19.4. The summed E-state index contributed by atoms with van der Waals surface area (Å²) in [5.74, 6) is 0.137. The fourth-order valence-electron chi connectivity index (χ4n) is 6.58. The number of benzene rings is 2. The number of non-ortho nitro benzene ring substituents is 1. The van der Waals surface area contributed by atoms with Gasteiger partial charge in [-0.2, -0.15) is 0 Å². The molecule has 0 atom stereocenters. The van der Waals surface area contributed by atoms with E-state index in [1.165, 1.54) is 12.1 Å². The van der Waals surface area contributed by atoms with Crippen LogP contribution >= 0.6 is 0 Å². The van der Waals surface area contributed by atoms with Crippen LogP contribution in [0.4, 0.5) is 5.69 Å². The van der Waals surface area contributed by atoms with Gasteiger partial charge in [-0.15, -0.1) is 0 Å². The number of nitrogens with zero attached hydrogens (tertiary/aromatic N) is 2. The maximum atomic E-state index is 14.0. The monoisotopic (exact) mass is 558 g/mol. The Morgan fingerprint density at radius 1 is 0.902 bits per heavy atom. The number of allylic oxidation sites excluding steroid dienone is 4. The van der Waals surface area contributed by atoms with Crippen LogP contribution in [-0.2, 0) is 20.9 Å². The van der Waals surface area contributed by atoms with Crippen molar-refractivity contribution in [2.75, 3.05) is 20.3 Å². The van der Waals surface area contributed by atoms with Crippen LogP contribution in [0.5, 0.6) is 5.75 Å². The van der Waals surface area contributed by atoms with Gasteiger partial charge in [-0.05, 0) is 35.3 Å². The molecule has 0 unspecified atom stereocenters. The third kappa shape index (κ3) is 5.71. The first kappa shape index (κ1) is 28.7. The predicted molar refractivity (Wildman–Crippen MR) is 155 cm³/mol. The van der Waals surface area contributed by atoms with Gasteiger partial charge in [-0.1, -0.05) is 58.0 Å². The standard InChI is InChI=1S/C33H38N2O6/c1-32(2)16-24-30(26(36)18-32)29(31-25(34(24)13-14-40-5)17-33(3,4)19-27(31)37)23-11-6-7-12-28(23)41-20-21-9-8-10-22(15-21)35(38)39/h6-12,15,29H,13-14,16-20H2,1-5H3. The van der Waals surface area contributed by atoms with Crippen LogP contribution in [0, 0.1) is 20.9 Å². The van der Waals surface area contributed by atoms with Gasteiger partial charge >= 0.3 is 0 Å². The minimum absolute atomic E-state index is 0.00163. The molecule has 1 aliphatic heterocycles. The molecule has 0 fully saturated rings. The van der Waals surface area contributed by atoms with Gasteiger partial charge in [0.25, 0.3) is 5.69 Å². The van der Waals surface area contributed by atoms with Crippen LogP contribution in [0.1, 0.15) is 70.4 Å². The highest BCUT2D eigenvalue weighted by molar-refractivity contribution is 6.07. The Bertz CT molecular complexity index is 1410. The third-order valence-corrected chi connectivity index (χ3v) is 8.29. The topological polar surface area (TPSA) is 99.0 Å². The summed E-state index contributed by atoms with van der Waals surface area (Å²) in [5, 5.41) is 11.3. The Hall–Kier alpha value is -3.78. The van der Waals surface area contributed by atoms with E-state index in [0.29, 0.717) is 48.5 Å². The molecule has 2 aromatic carbocycles. The molecule has 0 saturated heterocycles. The number of carbonyl (C=O) groups excluding carboxylic acids is 2. The average Bonchev–Trinajstić information content (AvgIpc) is 2.89. The summed E-state index contributed by atoms with van der Waals surface area (Å²) >= 11 is 0. The Morgan fingerprint density at radius 2 is 1.51 bits per heavy atom. The Morgan fingerprint density at radius 3 is 2.10 bits per heavy atom. The second-order valence-corrected chi connectivity index (χ2v) is 12.9. The van der Waals surface area contributed by atoms with Crippen molar-refractivity contribution >= 4 is 17.3 Å². The van der Waals surface area contributed by atoms with E-state index >= 15 is 0 Å². The first-order valence-electron chi connectivity index (χ1n) is 14.1. The van der Waals surface area contributed by atoms with E-state index in [1.807, 2.05) is 24.3 Å². The minimum Gasteiger partial charge on any atom is -0.489 e. The number of nitro benzene ring substituents is 1. The average molecular weight is 559 g/mol. The molecule has 0 bridgehead atoms. The lowest BCUT2D eigenvalue weighted by atomic mass is 9.63. The molecular weight excluding hydrogens is 520 g/mol. The zero-order chi connectivity index (χ0) is 29.5. The number of Topliss-reactive ketones (excluding diaryl/α,β-unsaturated/α-hetero) is 2. The van der Waals surface area contributed by atoms with E-state index in [1.54, 1.807) is 19.2 Å². The van der Waals surface area contributed by atoms with Gasteiger partial charge in [0.1, 0.15) is 12.4 Å². The number of para-hydroxylation sites is 1. The number of rotatable bonds is 8. The summed E-state index contributed by atoms with van der Waals surface area (Å²) in [6.45, 7) is 9.64. The number of carbonyl (C=O) groups is 2. The molecule has 0 amide bonds. The van der Waals surface area contributed by atoms with Crippen LogP contribution in [0.15, 0.2) is 71.1 Å². The first-order valence-corrected chi connectivity index (χ1v) is 14.1. The van der Waals surface area contributed by atoms with Gasteiger partial charge in [-0.3, -0.25) is 19.7 Å². The summed E-state index contributed by atoms with van der Waals surface area (Å²) in [7, 11) is 1.66. The fourth-order valence-corrected chi connectivity index (χ4v) is 6.58. The van der Waals surface area contributed by atoms with Gasteiger partial charge in [0, 0.05) is 72.7 Å². The molecule has 8 nitrogen and oxygen atoms in total. The van der Waals surface area contributed by atoms with Crippen LogP contribution < -0.4 is 4.74 Å². The molecule has 8 heteroatoms. The summed E-state index contributed by atoms with van der Waals surface area (Å²) < 4.78 is 11.8. The maximum Gasteiger partial charge on any atom is 0.269 e. The molecule has 0 spiro atoms. The van der Waals surface area contributed by atoms with Crippen molar-refractivity contribution in [3.8, 4) is 5.75 Å². The van der Waals surface area contributed by atoms with Crippen molar-refractivity contribution in [3.63, 3.8) is 0 Å². The Kier molecular flexibility index (Phi) is 7.64. The van der Waals surface area contributed by atoms with Crippen molar-refractivity contribution in [3.05, 3.63) is 92.3 Å². The van der Waals surface area contributed by atoms with Crippen molar-refractivity contribution in [1.29, 1.82) is 0 Å². The predicted octanol–water partition coefficient (Wildman–Crippen LogP) is 6.51. The van der Waals surface area contributed by atoms with E-state index in [0.717, 1.165) is 29.8 Å². The quantitative estimate of drug-likeness (QED) is 0.269. The van der Waals surface area contributed by atoms with Gasteiger partial charge < -0.3 is 14.4 Å². The molecule has 0 radical (unpaired) electrons. The lowest BCUT2D eigenvalue weighted by molar-refractivity contribution is -0.384.